The SMILES string of the molecule is O=CCn1cnc2c(F)cc(C(=O)O)cc21. The molecule has 0 saturated heterocycles. The molecule has 0 aliphatic heterocycles. The Bertz CT molecular complexity index is 577. The Hall–Kier alpha value is -2.24. The van der Waals surface area contributed by atoms with E-state index < -0.39 is 11.8 Å². The van der Waals surface area contributed by atoms with Crippen molar-refractivity contribution in [2.24, 2.45) is 0 Å². The Labute approximate surface area is 89.1 Å². The van der Waals surface area contributed by atoms with Crippen molar-refractivity contribution >= 4 is 23.3 Å². The van der Waals surface area contributed by atoms with Gasteiger partial charge < -0.3 is 14.5 Å². The molecule has 0 saturated carbocycles. The third-order valence-electron chi connectivity index (χ3n) is 2.20. The fourth-order valence-corrected chi connectivity index (χ4v) is 1.47. The van der Waals surface area contributed by atoms with E-state index in [1.807, 2.05) is 0 Å². The van der Waals surface area contributed by atoms with Gasteiger partial charge in [0.25, 0.3) is 0 Å². The van der Waals surface area contributed by atoms with Gasteiger partial charge in [0.2, 0.25) is 0 Å². The highest BCUT2D eigenvalue weighted by atomic mass is 19.1. The minimum Gasteiger partial charge on any atom is -0.478 e. The monoisotopic (exact) mass is 222 g/mol. The van der Waals surface area contributed by atoms with Gasteiger partial charge in [0.1, 0.15) is 11.8 Å². The van der Waals surface area contributed by atoms with Crippen LogP contribution in [0.3, 0.4) is 0 Å². The van der Waals surface area contributed by atoms with E-state index in [2.05, 4.69) is 4.98 Å². The van der Waals surface area contributed by atoms with Gasteiger partial charge in [0.15, 0.2) is 5.82 Å². The number of carboxylic acids is 1. The predicted octanol–water partition coefficient (Wildman–Crippen LogP) is 1.07. The summed E-state index contributed by atoms with van der Waals surface area (Å²) in [4.78, 5) is 24.9. The van der Waals surface area contributed by atoms with Crippen molar-refractivity contribution in [3.63, 3.8) is 0 Å². The largest absolute Gasteiger partial charge is 0.478 e. The van der Waals surface area contributed by atoms with E-state index >= 15 is 0 Å². The first kappa shape index (κ1) is 10.3. The van der Waals surface area contributed by atoms with Crippen LogP contribution in [-0.4, -0.2) is 26.9 Å². The normalized spacial score (nSPS) is 10.6. The molecule has 0 amide bonds. The number of aldehydes is 1. The second-order valence-electron chi connectivity index (χ2n) is 3.19. The van der Waals surface area contributed by atoms with Crippen LogP contribution in [0.5, 0.6) is 0 Å². The van der Waals surface area contributed by atoms with Crippen molar-refractivity contribution in [1.82, 2.24) is 9.55 Å². The molecule has 1 aromatic carbocycles. The van der Waals surface area contributed by atoms with Crippen LogP contribution < -0.4 is 0 Å². The number of aromatic nitrogens is 2. The second kappa shape index (κ2) is 3.73. The molecule has 1 N–H and O–H groups in total. The van der Waals surface area contributed by atoms with Crippen LogP contribution in [0.1, 0.15) is 10.4 Å². The number of nitrogens with zero attached hydrogens (tertiary/aromatic N) is 2. The number of hydrogen-bond donors (Lipinski definition) is 1. The highest BCUT2D eigenvalue weighted by molar-refractivity contribution is 5.92. The summed E-state index contributed by atoms with van der Waals surface area (Å²) in [6.07, 6.45) is 1.93. The van der Waals surface area contributed by atoms with E-state index in [1.54, 1.807) is 0 Å². The van der Waals surface area contributed by atoms with Crippen molar-refractivity contribution in [3.8, 4) is 0 Å². The number of benzene rings is 1. The fraction of sp³-hybridized carbons (Fsp3) is 0.100. The summed E-state index contributed by atoms with van der Waals surface area (Å²) in [6.45, 7) is 0.0129. The molecule has 0 spiro atoms. The lowest BCUT2D eigenvalue weighted by Gasteiger charge is -2.00. The van der Waals surface area contributed by atoms with Crippen LogP contribution in [-0.2, 0) is 11.3 Å². The molecular weight excluding hydrogens is 215 g/mol. The molecule has 82 valence electrons. The second-order valence-corrected chi connectivity index (χ2v) is 3.19. The smallest absolute Gasteiger partial charge is 0.335 e. The number of imidazole rings is 1. The summed E-state index contributed by atoms with van der Waals surface area (Å²) in [5.41, 5.74) is 0.189. The number of carbonyl (C=O) groups excluding carboxylic acids is 1. The summed E-state index contributed by atoms with van der Waals surface area (Å²) in [6, 6.07) is 2.19. The standard InChI is InChI=1S/C10H7FN2O3/c11-7-3-6(10(15)16)4-8-9(7)12-5-13(8)1-2-14/h2-5H,1H2,(H,15,16). The van der Waals surface area contributed by atoms with Crippen molar-refractivity contribution in [3.05, 3.63) is 29.8 Å². The lowest BCUT2D eigenvalue weighted by atomic mass is 10.2. The quantitative estimate of drug-likeness (QED) is 0.788. The van der Waals surface area contributed by atoms with E-state index in [9.17, 15) is 14.0 Å². The Morgan fingerprint density at radius 3 is 2.94 bits per heavy atom. The maximum absolute atomic E-state index is 13.4. The number of carboxylic acid groups (broad SMARTS) is 1. The first-order valence-corrected chi connectivity index (χ1v) is 4.45. The lowest BCUT2D eigenvalue weighted by Crippen LogP contribution is -2.00. The molecule has 0 radical (unpaired) electrons. The lowest BCUT2D eigenvalue weighted by molar-refractivity contribution is -0.108. The van der Waals surface area contributed by atoms with Crippen LogP contribution in [0.25, 0.3) is 11.0 Å². The molecule has 16 heavy (non-hydrogen) atoms. The van der Waals surface area contributed by atoms with E-state index in [-0.39, 0.29) is 17.6 Å². The number of carbonyl (C=O) groups is 2. The summed E-state index contributed by atoms with van der Waals surface area (Å²) < 4.78 is 14.8. The van der Waals surface area contributed by atoms with Crippen LogP contribution in [0.15, 0.2) is 18.5 Å². The molecule has 0 bridgehead atoms. The molecule has 0 aliphatic carbocycles. The Morgan fingerprint density at radius 2 is 2.31 bits per heavy atom. The average molecular weight is 222 g/mol. The van der Waals surface area contributed by atoms with Gasteiger partial charge in [-0.2, -0.15) is 0 Å². The highest BCUT2D eigenvalue weighted by Crippen LogP contribution is 2.18. The van der Waals surface area contributed by atoms with Gasteiger partial charge in [-0.05, 0) is 12.1 Å². The maximum atomic E-state index is 13.4. The molecule has 1 aromatic heterocycles. The topological polar surface area (TPSA) is 72.2 Å². The van der Waals surface area contributed by atoms with Gasteiger partial charge in [-0.3, -0.25) is 0 Å². The Kier molecular flexibility index (Phi) is 2.40. The third kappa shape index (κ3) is 1.54. The van der Waals surface area contributed by atoms with Gasteiger partial charge in [0.05, 0.1) is 24.0 Å². The Morgan fingerprint density at radius 1 is 1.56 bits per heavy atom. The molecule has 0 fully saturated rings. The third-order valence-corrected chi connectivity index (χ3v) is 2.20. The van der Waals surface area contributed by atoms with E-state index in [1.165, 1.54) is 17.0 Å². The molecule has 5 nitrogen and oxygen atoms in total. The van der Waals surface area contributed by atoms with Gasteiger partial charge >= 0.3 is 5.97 Å². The zero-order valence-corrected chi connectivity index (χ0v) is 8.05. The van der Waals surface area contributed by atoms with Gasteiger partial charge in [-0.25, -0.2) is 14.2 Å². The molecule has 0 unspecified atom stereocenters. The molecule has 2 aromatic rings. The van der Waals surface area contributed by atoms with Crippen LogP contribution in [0.2, 0.25) is 0 Å². The van der Waals surface area contributed by atoms with Crippen molar-refractivity contribution in [1.29, 1.82) is 0 Å². The first-order chi connectivity index (χ1) is 7.63. The molecule has 1 heterocycles. The summed E-state index contributed by atoms with van der Waals surface area (Å²) >= 11 is 0. The minimum atomic E-state index is -1.22. The zero-order chi connectivity index (χ0) is 11.7. The molecule has 0 atom stereocenters. The average Bonchev–Trinajstić information content (AvgIpc) is 2.63. The predicted molar refractivity (Wildman–Crippen MR) is 52.7 cm³/mol. The zero-order valence-electron chi connectivity index (χ0n) is 8.05. The number of fused-ring (bicyclic) bond motifs is 1. The summed E-state index contributed by atoms with van der Waals surface area (Å²) in [5.74, 6) is -1.93. The van der Waals surface area contributed by atoms with E-state index in [4.69, 9.17) is 5.11 Å². The number of halogens is 1. The number of hydrogen-bond acceptors (Lipinski definition) is 3. The van der Waals surface area contributed by atoms with Crippen molar-refractivity contribution in [2.75, 3.05) is 0 Å². The molecule has 2 rings (SSSR count). The van der Waals surface area contributed by atoms with Crippen molar-refractivity contribution < 1.29 is 19.1 Å². The summed E-state index contributed by atoms with van der Waals surface area (Å²) in [5, 5.41) is 8.76. The minimum absolute atomic E-state index is 0.0129. The van der Waals surface area contributed by atoms with Crippen LogP contribution in [0.4, 0.5) is 4.39 Å². The Balaban J connectivity index is 2.70. The maximum Gasteiger partial charge on any atom is 0.335 e. The van der Waals surface area contributed by atoms with Crippen LogP contribution in [0, 0.1) is 5.82 Å². The fourth-order valence-electron chi connectivity index (χ4n) is 1.47. The number of rotatable bonds is 3. The van der Waals surface area contributed by atoms with Gasteiger partial charge in [0, 0.05) is 0 Å². The first-order valence-electron chi connectivity index (χ1n) is 4.45. The van der Waals surface area contributed by atoms with Gasteiger partial charge in [-0.1, -0.05) is 0 Å². The molecular formula is C10H7FN2O3. The van der Waals surface area contributed by atoms with E-state index in [0.717, 1.165) is 6.07 Å². The highest BCUT2D eigenvalue weighted by Gasteiger charge is 2.12. The summed E-state index contributed by atoms with van der Waals surface area (Å²) in [7, 11) is 0. The molecule has 6 heteroatoms. The van der Waals surface area contributed by atoms with Crippen LogP contribution >= 0.6 is 0 Å². The van der Waals surface area contributed by atoms with Gasteiger partial charge in [-0.15, -0.1) is 0 Å². The molecule has 0 aliphatic rings. The number of aromatic carboxylic acids is 1. The van der Waals surface area contributed by atoms with E-state index in [0.29, 0.717) is 11.8 Å². The van der Waals surface area contributed by atoms with Crippen molar-refractivity contribution in [2.45, 2.75) is 6.54 Å².